The number of halogens is 4. The highest BCUT2D eigenvalue weighted by Gasteiger charge is 2.18. The molecular formula is C21H13Cl3FN3O4. The number of ether oxygens (including phenoxy) is 1. The van der Waals surface area contributed by atoms with Crippen molar-refractivity contribution in [2.45, 2.75) is 0 Å². The van der Waals surface area contributed by atoms with Crippen LogP contribution in [-0.2, 0) is 9.53 Å². The lowest BCUT2D eigenvalue weighted by Gasteiger charge is -2.12. The molecule has 0 aliphatic heterocycles. The van der Waals surface area contributed by atoms with Gasteiger partial charge in [0.05, 0.1) is 21.3 Å². The number of aromatic nitrogens is 1. The summed E-state index contributed by atoms with van der Waals surface area (Å²) in [4.78, 5) is 40.9. The van der Waals surface area contributed by atoms with Crippen molar-refractivity contribution in [3.8, 4) is 0 Å². The number of hydrogen-bond donors (Lipinski definition) is 2. The number of anilines is 2. The average Bonchev–Trinajstić information content (AvgIpc) is 2.74. The zero-order valence-electron chi connectivity index (χ0n) is 16.0. The van der Waals surface area contributed by atoms with Crippen LogP contribution in [0.15, 0.2) is 54.7 Å². The molecule has 7 nitrogen and oxygen atoms in total. The second-order valence-corrected chi connectivity index (χ2v) is 7.54. The number of esters is 1. The van der Waals surface area contributed by atoms with Gasteiger partial charge in [0.2, 0.25) is 0 Å². The molecule has 0 aliphatic rings. The average molecular weight is 497 g/mol. The number of benzene rings is 2. The van der Waals surface area contributed by atoms with Crippen molar-refractivity contribution in [1.29, 1.82) is 0 Å². The summed E-state index contributed by atoms with van der Waals surface area (Å²) in [5.74, 6) is -2.62. The van der Waals surface area contributed by atoms with Gasteiger partial charge >= 0.3 is 5.97 Å². The maximum absolute atomic E-state index is 13.1. The number of hydrogen-bond acceptors (Lipinski definition) is 5. The quantitative estimate of drug-likeness (QED) is 0.456. The second kappa shape index (κ2) is 10.4. The van der Waals surface area contributed by atoms with Gasteiger partial charge in [0.25, 0.3) is 11.8 Å². The van der Waals surface area contributed by atoms with Crippen LogP contribution in [0.25, 0.3) is 0 Å². The van der Waals surface area contributed by atoms with Gasteiger partial charge in [-0.15, -0.1) is 0 Å². The van der Waals surface area contributed by atoms with Crippen molar-refractivity contribution < 1.29 is 23.5 Å². The molecule has 2 amide bonds. The summed E-state index contributed by atoms with van der Waals surface area (Å²) in [5.41, 5.74) is 0.178. The smallest absolute Gasteiger partial charge is 0.340 e. The Hall–Kier alpha value is -3.20. The van der Waals surface area contributed by atoms with E-state index in [0.29, 0.717) is 0 Å². The van der Waals surface area contributed by atoms with Gasteiger partial charge in [-0.3, -0.25) is 9.59 Å². The van der Waals surface area contributed by atoms with Gasteiger partial charge in [-0.2, -0.15) is 0 Å². The number of carbonyl (C=O) groups excluding carboxylic acids is 3. The minimum Gasteiger partial charge on any atom is -0.452 e. The van der Waals surface area contributed by atoms with Crippen molar-refractivity contribution in [1.82, 2.24) is 4.98 Å². The van der Waals surface area contributed by atoms with Crippen LogP contribution in [0.1, 0.15) is 20.7 Å². The number of pyridine rings is 1. The highest BCUT2D eigenvalue weighted by Crippen LogP contribution is 2.24. The Morgan fingerprint density at radius 2 is 1.66 bits per heavy atom. The maximum Gasteiger partial charge on any atom is 0.340 e. The number of nitrogens with one attached hydrogen (secondary N) is 2. The van der Waals surface area contributed by atoms with Crippen molar-refractivity contribution in [3.05, 3.63) is 86.7 Å². The highest BCUT2D eigenvalue weighted by atomic mass is 35.5. The van der Waals surface area contributed by atoms with E-state index in [1.165, 1.54) is 42.6 Å². The van der Waals surface area contributed by atoms with Crippen LogP contribution < -0.4 is 10.6 Å². The first-order valence-corrected chi connectivity index (χ1v) is 10.0. The molecule has 0 radical (unpaired) electrons. The third-order valence-corrected chi connectivity index (χ3v) is 4.69. The fraction of sp³-hybridized carbons (Fsp3) is 0.0476. The molecule has 3 aromatic rings. The van der Waals surface area contributed by atoms with Crippen molar-refractivity contribution in [3.63, 3.8) is 0 Å². The molecule has 3 rings (SSSR count). The normalized spacial score (nSPS) is 10.4. The molecule has 0 unspecified atom stereocenters. The predicted octanol–water partition coefficient (Wildman–Crippen LogP) is 5.23. The molecule has 1 aromatic heterocycles. The van der Waals surface area contributed by atoms with Gasteiger partial charge in [-0.25, -0.2) is 14.2 Å². The molecule has 0 bridgehead atoms. The molecule has 0 fully saturated rings. The topological polar surface area (TPSA) is 97.4 Å². The van der Waals surface area contributed by atoms with Gasteiger partial charge < -0.3 is 15.4 Å². The predicted molar refractivity (Wildman–Crippen MR) is 119 cm³/mol. The zero-order valence-corrected chi connectivity index (χ0v) is 18.3. The summed E-state index contributed by atoms with van der Waals surface area (Å²) in [6.07, 6.45) is 1.29. The first-order chi connectivity index (χ1) is 15.2. The van der Waals surface area contributed by atoms with Gasteiger partial charge in [-0.05, 0) is 48.5 Å². The molecule has 2 aromatic carbocycles. The Balaban J connectivity index is 1.67. The van der Waals surface area contributed by atoms with E-state index in [1.807, 2.05) is 0 Å². The van der Waals surface area contributed by atoms with E-state index >= 15 is 0 Å². The fourth-order valence-electron chi connectivity index (χ4n) is 2.48. The van der Waals surface area contributed by atoms with Crippen molar-refractivity contribution >= 4 is 64.1 Å². The van der Waals surface area contributed by atoms with Gasteiger partial charge in [-0.1, -0.05) is 34.8 Å². The Kier molecular flexibility index (Phi) is 7.63. The number of amides is 2. The van der Waals surface area contributed by atoms with Crippen LogP contribution in [0, 0.1) is 5.82 Å². The molecule has 0 saturated carbocycles. The van der Waals surface area contributed by atoms with Gasteiger partial charge in [0.1, 0.15) is 5.82 Å². The first kappa shape index (κ1) is 23.5. The van der Waals surface area contributed by atoms with Crippen LogP contribution in [0.3, 0.4) is 0 Å². The number of nitrogens with zero attached hydrogens (tertiary/aromatic N) is 1. The summed E-state index contributed by atoms with van der Waals surface area (Å²) in [6.45, 7) is -0.645. The largest absolute Gasteiger partial charge is 0.452 e. The SMILES string of the molecule is O=C(COC(=O)c1ccc(Cl)cc1NC(=O)c1ccc(F)cc1)Nc1ncc(Cl)cc1Cl. The van der Waals surface area contributed by atoms with E-state index < -0.39 is 30.2 Å². The molecule has 0 saturated heterocycles. The zero-order chi connectivity index (χ0) is 23.3. The van der Waals surface area contributed by atoms with E-state index in [4.69, 9.17) is 39.5 Å². The molecular weight excluding hydrogens is 484 g/mol. The van der Waals surface area contributed by atoms with E-state index in [2.05, 4.69) is 15.6 Å². The molecule has 0 atom stereocenters. The first-order valence-electron chi connectivity index (χ1n) is 8.87. The minimum atomic E-state index is -0.888. The lowest BCUT2D eigenvalue weighted by molar-refractivity contribution is -0.119. The molecule has 1 heterocycles. The van der Waals surface area contributed by atoms with Crippen LogP contribution >= 0.6 is 34.8 Å². The summed E-state index contributed by atoms with van der Waals surface area (Å²) < 4.78 is 18.1. The molecule has 0 spiro atoms. The summed E-state index contributed by atoms with van der Waals surface area (Å²) in [7, 11) is 0. The van der Waals surface area contributed by atoms with E-state index in [0.717, 1.165) is 12.1 Å². The summed E-state index contributed by atoms with van der Waals surface area (Å²) in [5, 5.41) is 5.56. The Labute approximate surface area is 196 Å². The molecule has 11 heteroatoms. The Morgan fingerprint density at radius 3 is 2.34 bits per heavy atom. The third kappa shape index (κ3) is 6.16. The molecule has 2 N–H and O–H groups in total. The third-order valence-electron chi connectivity index (χ3n) is 3.96. The molecule has 32 heavy (non-hydrogen) atoms. The monoisotopic (exact) mass is 495 g/mol. The lowest BCUT2D eigenvalue weighted by atomic mass is 10.1. The van der Waals surface area contributed by atoms with Crippen LogP contribution in [-0.4, -0.2) is 29.4 Å². The highest BCUT2D eigenvalue weighted by molar-refractivity contribution is 6.36. The second-order valence-electron chi connectivity index (χ2n) is 6.26. The van der Waals surface area contributed by atoms with Crippen LogP contribution in [0.4, 0.5) is 15.9 Å². The van der Waals surface area contributed by atoms with E-state index in [-0.39, 0.29) is 37.7 Å². The van der Waals surface area contributed by atoms with Crippen molar-refractivity contribution in [2.24, 2.45) is 0 Å². The Morgan fingerprint density at radius 1 is 0.938 bits per heavy atom. The molecule has 164 valence electrons. The van der Waals surface area contributed by atoms with Gasteiger partial charge in [0.15, 0.2) is 12.4 Å². The minimum absolute atomic E-state index is 0.0414. The fourth-order valence-corrected chi connectivity index (χ4v) is 3.08. The van der Waals surface area contributed by atoms with Crippen LogP contribution in [0.2, 0.25) is 15.1 Å². The number of carbonyl (C=O) groups is 3. The maximum atomic E-state index is 13.1. The standard InChI is InChI=1S/C21H13Cl3FN3O4/c22-12-3-6-15(17(8-12)27-20(30)11-1-4-14(25)5-2-11)21(31)32-10-18(29)28-19-16(24)7-13(23)9-26-19/h1-9H,10H2,(H,27,30)(H,26,28,29). The summed E-state index contributed by atoms with van der Waals surface area (Å²) in [6, 6.07) is 10.3. The van der Waals surface area contributed by atoms with E-state index in [9.17, 15) is 18.8 Å². The van der Waals surface area contributed by atoms with Crippen LogP contribution in [0.5, 0.6) is 0 Å². The molecule has 0 aliphatic carbocycles. The lowest BCUT2D eigenvalue weighted by Crippen LogP contribution is -2.22. The van der Waals surface area contributed by atoms with E-state index in [1.54, 1.807) is 0 Å². The Bertz CT molecular complexity index is 1190. The number of rotatable bonds is 6. The van der Waals surface area contributed by atoms with Crippen molar-refractivity contribution in [2.75, 3.05) is 17.2 Å². The summed E-state index contributed by atoms with van der Waals surface area (Å²) >= 11 is 17.6. The van der Waals surface area contributed by atoms with Gasteiger partial charge in [0, 0.05) is 16.8 Å².